The van der Waals surface area contributed by atoms with E-state index >= 15 is 0 Å². The van der Waals surface area contributed by atoms with E-state index in [0.717, 1.165) is 39.0 Å². The Balaban J connectivity index is 1.93. The number of carbonyl (C=O) groups excluding carboxylic acids is 1. The largest absolute Gasteiger partial charge is 0.490 e. The Labute approximate surface area is 133 Å². The van der Waals surface area contributed by atoms with Gasteiger partial charge in [0, 0.05) is 24.2 Å². The maximum absolute atomic E-state index is 11.7. The Bertz CT molecular complexity index is 927. The van der Waals surface area contributed by atoms with Gasteiger partial charge in [0.15, 0.2) is 5.75 Å². The zero-order valence-corrected chi connectivity index (χ0v) is 13.1. The fourth-order valence-corrected chi connectivity index (χ4v) is 3.10. The van der Waals surface area contributed by atoms with Crippen LogP contribution < -0.4 is 10.1 Å². The number of nitrogens with one attached hydrogen (secondary N) is 1. The number of hydrogen-bond donors (Lipinski definition) is 1. The second kappa shape index (κ2) is 5.12. The number of rotatable bonds is 1. The summed E-state index contributed by atoms with van der Waals surface area (Å²) in [5.41, 5.74) is 4.95. The van der Waals surface area contributed by atoms with Crippen LogP contribution in [0.5, 0.6) is 5.75 Å². The van der Waals surface area contributed by atoms with Crippen LogP contribution in [0.4, 0.5) is 5.69 Å². The summed E-state index contributed by atoms with van der Waals surface area (Å²) in [6, 6.07) is 9.93. The number of aromatic nitrogens is 2. The second-order valence-corrected chi connectivity index (χ2v) is 5.80. The molecule has 0 saturated heterocycles. The van der Waals surface area contributed by atoms with Gasteiger partial charge in [-0.2, -0.15) is 5.10 Å². The Morgan fingerprint density at radius 2 is 2.09 bits per heavy atom. The average molecular weight is 307 g/mol. The van der Waals surface area contributed by atoms with Crippen LogP contribution >= 0.6 is 0 Å². The van der Waals surface area contributed by atoms with Gasteiger partial charge in [0.05, 0.1) is 24.2 Å². The highest BCUT2D eigenvalue weighted by atomic mass is 16.5. The first kappa shape index (κ1) is 13.8. The number of carbonyl (C=O) groups is 1. The van der Waals surface area contributed by atoms with E-state index in [0.29, 0.717) is 13.0 Å². The van der Waals surface area contributed by atoms with Gasteiger partial charge in [0.25, 0.3) is 0 Å². The van der Waals surface area contributed by atoms with Crippen molar-refractivity contribution in [2.24, 2.45) is 7.05 Å². The number of ether oxygens (including phenoxy) is 1. The predicted molar refractivity (Wildman–Crippen MR) is 89.6 cm³/mol. The van der Waals surface area contributed by atoms with Crippen LogP contribution in [0.15, 0.2) is 36.5 Å². The molecule has 1 aliphatic heterocycles. The van der Waals surface area contributed by atoms with Crippen LogP contribution in [-0.2, 0) is 11.8 Å². The third-order valence-corrected chi connectivity index (χ3v) is 4.23. The van der Waals surface area contributed by atoms with Crippen LogP contribution in [0.25, 0.3) is 22.0 Å². The van der Waals surface area contributed by atoms with Crippen LogP contribution in [0, 0.1) is 6.92 Å². The van der Waals surface area contributed by atoms with Crippen molar-refractivity contribution in [3.8, 4) is 16.9 Å². The molecule has 116 valence electrons. The van der Waals surface area contributed by atoms with Crippen molar-refractivity contribution < 1.29 is 9.53 Å². The SMILES string of the molecule is Cc1c(-c2cccc3c2OCCC(=O)N3)ccc2nn(C)cc12. The van der Waals surface area contributed by atoms with Crippen LogP contribution in [0.1, 0.15) is 12.0 Å². The summed E-state index contributed by atoms with van der Waals surface area (Å²) in [5.74, 6) is 0.727. The Kier molecular flexibility index (Phi) is 3.08. The van der Waals surface area contributed by atoms with Gasteiger partial charge in [-0.3, -0.25) is 9.48 Å². The normalized spacial score (nSPS) is 14.1. The zero-order valence-electron chi connectivity index (χ0n) is 13.1. The number of benzene rings is 2. The molecule has 3 aromatic rings. The lowest BCUT2D eigenvalue weighted by Gasteiger charge is -2.14. The first-order chi connectivity index (χ1) is 11.1. The van der Waals surface area contributed by atoms with Crippen molar-refractivity contribution in [1.29, 1.82) is 0 Å². The van der Waals surface area contributed by atoms with Gasteiger partial charge >= 0.3 is 0 Å². The number of aryl methyl sites for hydroxylation is 2. The first-order valence-corrected chi connectivity index (χ1v) is 7.62. The second-order valence-electron chi connectivity index (χ2n) is 5.80. The molecule has 1 aliphatic rings. The van der Waals surface area contributed by atoms with E-state index < -0.39 is 0 Å². The van der Waals surface area contributed by atoms with E-state index in [9.17, 15) is 4.79 Å². The summed E-state index contributed by atoms with van der Waals surface area (Å²) in [5, 5.41) is 8.49. The molecule has 0 aliphatic carbocycles. The number of para-hydroxylation sites is 1. The van der Waals surface area contributed by atoms with Gasteiger partial charge in [0.2, 0.25) is 5.91 Å². The number of nitrogens with zero attached hydrogens (tertiary/aromatic N) is 2. The molecule has 5 nitrogen and oxygen atoms in total. The van der Waals surface area contributed by atoms with E-state index in [1.54, 1.807) is 0 Å². The van der Waals surface area contributed by atoms with Crippen LogP contribution in [-0.4, -0.2) is 22.3 Å². The maximum atomic E-state index is 11.7. The molecule has 23 heavy (non-hydrogen) atoms. The minimum absolute atomic E-state index is 0.0136. The number of hydrogen-bond acceptors (Lipinski definition) is 3. The van der Waals surface area contributed by atoms with Gasteiger partial charge in [0.1, 0.15) is 0 Å². The van der Waals surface area contributed by atoms with E-state index in [2.05, 4.69) is 23.4 Å². The molecule has 0 bridgehead atoms. The van der Waals surface area contributed by atoms with Crippen molar-refractivity contribution in [2.45, 2.75) is 13.3 Å². The van der Waals surface area contributed by atoms with Gasteiger partial charge < -0.3 is 10.1 Å². The average Bonchev–Trinajstić information content (AvgIpc) is 2.80. The molecule has 0 fully saturated rings. The van der Waals surface area contributed by atoms with Crippen molar-refractivity contribution in [2.75, 3.05) is 11.9 Å². The number of anilines is 1. The lowest BCUT2D eigenvalue weighted by Crippen LogP contribution is -2.10. The summed E-state index contributed by atoms with van der Waals surface area (Å²) < 4.78 is 7.70. The predicted octanol–water partition coefficient (Wildman–Crippen LogP) is 3.27. The molecule has 1 aromatic heterocycles. The standard InChI is InChI=1S/C18H17N3O2/c1-11-12(6-7-15-14(11)10-21(2)20-15)13-4-3-5-16-18(13)23-9-8-17(22)19-16/h3-7,10H,8-9H2,1-2H3,(H,19,22). The zero-order chi connectivity index (χ0) is 16.0. The number of amides is 1. The maximum Gasteiger partial charge on any atom is 0.227 e. The van der Waals surface area contributed by atoms with E-state index in [4.69, 9.17) is 4.74 Å². The molecule has 1 amide bonds. The summed E-state index contributed by atoms with van der Waals surface area (Å²) in [7, 11) is 1.92. The summed E-state index contributed by atoms with van der Waals surface area (Å²) in [6.07, 6.45) is 2.40. The third kappa shape index (κ3) is 2.25. The molecule has 4 rings (SSSR count). The van der Waals surface area contributed by atoms with E-state index in [1.807, 2.05) is 42.2 Å². The lowest BCUT2D eigenvalue weighted by molar-refractivity contribution is -0.116. The summed E-state index contributed by atoms with van der Waals surface area (Å²) in [4.78, 5) is 11.7. The number of fused-ring (bicyclic) bond motifs is 2. The van der Waals surface area contributed by atoms with Crippen molar-refractivity contribution in [3.63, 3.8) is 0 Å². The summed E-state index contributed by atoms with van der Waals surface area (Å²) >= 11 is 0. The molecule has 0 saturated carbocycles. The third-order valence-electron chi connectivity index (χ3n) is 4.23. The highest BCUT2D eigenvalue weighted by molar-refractivity contribution is 5.97. The van der Waals surface area contributed by atoms with Crippen molar-refractivity contribution in [3.05, 3.63) is 42.1 Å². The van der Waals surface area contributed by atoms with Crippen molar-refractivity contribution >= 4 is 22.5 Å². The fraction of sp³-hybridized carbons (Fsp3) is 0.222. The van der Waals surface area contributed by atoms with Gasteiger partial charge in [-0.15, -0.1) is 0 Å². The van der Waals surface area contributed by atoms with E-state index in [-0.39, 0.29) is 5.91 Å². The smallest absolute Gasteiger partial charge is 0.227 e. The van der Waals surface area contributed by atoms with Gasteiger partial charge in [-0.25, -0.2) is 0 Å². The first-order valence-electron chi connectivity index (χ1n) is 7.62. The van der Waals surface area contributed by atoms with Crippen LogP contribution in [0.3, 0.4) is 0 Å². The van der Waals surface area contributed by atoms with Gasteiger partial charge in [-0.1, -0.05) is 18.2 Å². The van der Waals surface area contributed by atoms with Crippen LogP contribution in [0.2, 0.25) is 0 Å². The van der Waals surface area contributed by atoms with Gasteiger partial charge in [-0.05, 0) is 30.2 Å². The summed E-state index contributed by atoms with van der Waals surface area (Å²) in [6.45, 7) is 2.48. The lowest BCUT2D eigenvalue weighted by atomic mass is 9.96. The Hall–Kier alpha value is -2.82. The fourth-order valence-electron chi connectivity index (χ4n) is 3.10. The quantitative estimate of drug-likeness (QED) is 0.750. The van der Waals surface area contributed by atoms with E-state index in [1.165, 1.54) is 0 Å². The highest BCUT2D eigenvalue weighted by Gasteiger charge is 2.19. The molecular formula is C18H17N3O2. The Morgan fingerprint density at radius 1 is 1.22 bits per heavy atom. The molecule has 5 heteroatoms. The monoisotopic (exact) mass is 307 g/mol. The minimum atomic E-state index is -0.0136. The molecule has 0 spiro atoms. The molecule has 0 unspecified atom stereocenters. The molecule has 2 aromatic carbocycles. The van der Waals surface area contributed by atoms with Crippen molar-refractivity contribution in [1.82, 2.24) is 9.78 Å². The molecule has 0 atom stereocenters. The highest BCUT2D eigenvalue weighted by Crippen LogP contribution is 2.40. The topological polar surface area (TPSA) is 56.1 Å². The molecule has 0 radical (unpaired) electrons. The Morgan fingerprint density at radius 3 is 2.96 bits per heavy atom. The molecular weight excluding hydrogens is 290 g/mol. The molecule has 2 heterocycles. The molecule has 1 N–H and O–H groups in total. The minimum Gasteiger partial charge on any atom is -0.490 e.